The van der Waals surface area contributed by atoms with Crippen molar-refractivity contribution in [2.75, 3.05) is 24.5 Å². The average molecular weight is 266 g/mol. The third-order valence-electron chi connectivity index (χ3n) is 4.19. The van der Waals surface area contributed by atoms with Crippen LogP contribution in [0.3, 0.4) is 0 Å². The third kappa shape index (κ3) is 2.02. The predicted molar refractivity (Wildman–Crippen MR) is 67.9 cm³/mol. The molecular formula is C14H16F2N2O. The summed E-state index contributed by atoms with van der Waals surface area (Å²) < 4.78 is 26.5. The first-order valence-electron chi connectivity index (χ1n) is 6.58. The molecule has 3 rings (SSSR count). The summed E-state index contributed by atoms with van der Waals surface area (Å²) in [4.78, 5) is 14.0. The number of nitrogens with one attached hydrogen (secondary N) is 1. The van der Waals surface area contributed by atoms with Crippen LogP contribution in [0.25, 0.3) is 0 Å². The number of halogens is 2. The fourth-order valence-corrected chi connectivity index (χ4v) is 2.72. The molecule has 0 saturated carbocycles. The Morgan fingerprint density at radius 1 is 1.37 bits per heavy atom. The Balaban J connectivity index is 1.85. The van der Waals surface area contributed by atoms with Gasteiger partial charge < -0.3 is 10.2 Å². The van der Waals surface area contributed by atoms with Gasteiger partial charge in [0.25, 0.3) is 0 Å². The first-order valence-corrected chi connectivity index (χ1v) is 6.58. The van der Waals surface area contributed by atoms with Crippen LogP contribution in [0.2, 0.25) is 0 Å². The minimum atomic E-state index is -0.892. The van der Waals surface area contributed by atoms with Crippen molar-refractivity contribution >= 4 is 11.6 Å². The zero-order chi connectivity index (χ0) is 13.6. The van der Waals surface area contributed by atoms with Gasteiger partial charge in [0.05, 0.1) is 5.69 Å². The van der Waals surface area contributed by atoms with E-state index in [0.717, 1.165) is 19.2 Å². The van der Waals surface area contributed by atoms with Crippen molar-refractivity contribution in [1.82, 2.24) is 5.32 Å². The Morgan fingerprint density at radius 2 is 2.05 bits per heavy atom. The number of amides is 1. The van der Waals surface area contributed by atoms with Crippen molar-refractivity contribution in [2.45, 2.75) is 13.3 Å². The second kappa shape index (κ2) is 4.56. The highest BCUT2D eigenvalue weighted by Gasteiger charge is 2.35. The van der Waals surface area contributed by atoms with Crippen LogP contribution >= 0.6 is 0 Å². The average Bonchev–Trinajstić information content (AvgIpc) is 2.69. The van der Waals surface area contributed by atoms with E-state index in [9.17, 15) is 13.6 Å². The van der Waals surface area contributed by atoms with Crippen LogP contribution in [0.15, 0.2) is 12.1 Å². The molecule has 1 unspecified atom stereocenters. The van der Waals surface area contributed by atoms with E-state index in [-0.39, 0.29) is 11.8 Å². The summed E-state index contributed by atoms with van der Waals surface area (Å²) in [6.45, 7) is 4.13. The first kappa shape index (κ1) is 12.5. The van der Waals surface area contributed by atoms with Gasteiger partial charge in [-0.3, -0.25) is 4.79 Å². The number of benzene rings is 1. The minimum Gasteiger partial charge on any atom is -0.316 e. The maximum Gasteiger partial charge on any atom is 0.230 e. The zero-order valence-electron chi connectivity index (χ0n) is 10.7. The van der Waals surface area contributed by atoms with Crippen LogP contribution in [0.5, 0.6) is 0 Å². The molecule has 102 valence electrons. The molecule has 3 nitrogen and oxygen atoms in total. The molecule has 2 aliphatic rings. The number of nitrogens with zero attached hydrogens (tertiary/aromatic N) is 1. The quantitative estimate of drug-likeness (QED) is 0.884. The molecule has 1 fully saturated rings. The van der Waals surface area contributed by atoms with Gasteiger partial charge in [0.1, 0.15) is 0 Å². The highest BCUT2D eigenvalue weighted by Crippen LogP contribution is 2.32. The molecule has 1 atom stereocenters. The van der Waals surface area contributed by atoms with Crippen LogP contribution in [0, 0.1) is 23.5 Å². The largest absolute Gasteiger partial charge is 0.316 e. The monoisotopic (exact) mass is 266 g/mol. The molecule has 0 spiro atoms. The van der Waals surface area contributed by atoms with Gasteiger partial charge in [0, 0.05) is 18.5 Å². The normalized spacial score (nSPS) is 20.1. The highest BCUT2D eigenvalue weighted by atomic mass is 19.2. The smallest absolute Gasteiger partial charge is 0.230 e. The molecule has 1 aromatic rings. The van der Waals surface area contributed by atoms with E-state index >= 15 is 0 Å². The SMILES string of the molecule is CC(C(=O)N1CCc2cc(F)c(F)cc21)C1CNC1. The maximum atomic E-state index is 13.3. The Kier molecular flexibility index (Phi) is 3.01. The van der Waals surface area contributed by atoms with E-state index in [2.05, 4.69) is 5.32 Å². The molecule has 1 N–H and O–H groups in total. The number of carbonyl (C=O) groups excluding carboxylic acids is 1. The molecule has 0 bridgehead atoms. The summed E-state index contributed by atoms with van der Waals surface area (Å²) in [5, 5.41) is 3.14. The van der Waals surface area contributed by atoms with Crippen LogP contribution in [-0.2, 0) is 11.2 Å². The van der Waals surface area contributed by atoms with Gasteiger partial charge in [-0.2, -0.15) is 0 Å². The van der Waals surface area contributed by atoms with Crippen molar-refractivity contribution in [3.8, 4) is 0 Å². The third-order valence-corrected chi connectivity index (χ3v) is 4.19. The lowest BCUT2D eigenvalue weighted by Gasteiger charge is -2.34. The molecule has 2 heterocycles. The van der Waals surface area contributed by atoms with Gasteiger partial charge in [-0.1, -0.05) is 6.92 Å². The molecule has 0 aromatic heterocycles. The molecule has 0 radical (unpaired) electrons. The fraction of sp³-hybridized carbons (Fsp3) is 0.500. The summed E-state index contributed by atoms with van der Waals surface area (Å²) in [7, 11) is 0. The lowest BCUT2D eigenvalue weighted by atomic mass is 9.88. The predicted octanol–water partition coefficient (Wildman–Crippen LogP) is 1.71. The van der Waals surface area contributed by atoms with Gasteiger partial charge in [-0.15, -0.1) is 0 Å². The summed E-state index contributed by atoms with van der Waals surface area (Å²) >= 11 is 0. The van der Waals surface area contributed by atoms with Gasteiger partial charge in [-0.25, -0.2) is 8.78 Å². The zero-order valence-corrected chi connectivity index (χ0v) is 10.7. The Hall–Kier alpha value is -1.49. The summed E-state index contributed by atoms with van der Waals surface area (Å²) in [6.07, 6.45) is 0.591. The van der Waals surface area contributed by atoms with Crippen molar-refractivity contribution < 1.29 is 13.6 Å². The first-order chi connectivity index (χ1) is 9.08. The van der Waals surface area contributed by atoms with Crippen molar-refractivity contribution in [1.29, 1.82) is 0 Å². The number of anilines is 1. The van der Waals surface area contributed by atoms with Crippen molar-refractivity contribution in [2.24, 2.45) is 11.8 Å². The van der Waals surface area contributed by atoms with E-state index in [1.54, 1.807) is 4.90 Å². The van der Waals surface area contributed by atoms with Gasteiger partial charge >= 0.3 is 0 Å². The second-order valence-corrected chi connectivity index (χ2v) is 5.34. The van der Waals surface area contributed by atoms with Gasteiger partial charge in [0.15, 0.2) is 11.6 Å². The van der Waals surface area contributed by atoms with Crippen LogP contribution in [0.1, 0.15) is 12.5 Å². The topological polar surface area (TPSA) is 32.3 Å². The van der Waals surface area contributed by atoms with E-state index in [1.165, 1.54) is 6.07 Å². The number of hydrogen-bond donors (Lipinski definition) is 1. The Labute approximate surface area is 110 Å². The number of rotatable bonds is 2. The Morgan fingerprint density at radius 3 is 2.68 bits per heavy atom. The molecule has 1 aromatic carbocycles. The molecule has 19 heavy (non-hydrogen) atoms. The van der Waals surface area contributed by atoms with Gasteiger partial charge in [0.2, 0.25) is 5.91 Å². The standard InChI is InChI=1S/C14H16F2N2O/c1-8(10-6-17-7-10)14(19)18-3-2-9-4-11(15)12(16)5-13(9)18/h4-5,8,10,17H,2-3,6-7H2,1H3. The maximum absolute atomic E-state index is 13.3. The van der Waals surface area contributed by atoms with Crippen LogP contribution in [-0.4, -0.2) is 25.5 Å². The molecule has 5 heteroatoms. The number of fused-ring (bicyclic) bond motifs is 1. The summed E-state index contributed by atoms with van der Waals surface area (Å²) in [5.41, 5.74) is 1.24. The number of carbonyl (C=O) groups is 1. The van der Waals surface area contributed by atoms with Crippen LogP contribution in [0.4, 0.5) is 14.5 Å². The van der Waals surface area contributed by atoms with Crippen LogP contribution < -0.4 is 10.2 Å². The Bertz CT molecular complexity index is 528. The highest BCUT2D eigenvalue weighted by molar-refractivity contribution is 5.97. The molecule has 1 saturated heterocycles. The van der Waals surface area contributed by atoms with E-state index in [4.69, 9.17) is 0 Å². The van der Waals surface area contributed by atoms with E-state index < -0.39 is 11.6 Å². The molecular weight excluding hydrogens is 250 g/mol. The molecule has 1 amide bonds. The molecule has 0 aliphatic carbocycles. The van der Waals surface area contributed by atoms with Crippen molar-refractivity contribution in [3.63, 3.8) is 0 Å². The van der Waals surface area contributed by atoms with E-state index in [0.29, 0.717) is 30.1 Å². The van der Waals surface area contributed by atoms with Gasteiger partial charge in [-0.05, 0) is 37.1 Å². The summed E-state index contributed by atoms with van der Waals surface area (Å²) in [5.74, 6) is -1.46. The summed E-state index contributed by atoms with van der Waals surface area (Å²) in [6, 6.07) is 2.34. The minimum absolute atomic E-state index is 0.0104. The fourth-order valence-electron chi connectivity index (χ4n) is 2.72. The van der Waals surface area contributed by atoms with E-state index in [1.807, 2.05) is 6.92 Å². The molecule has 2 aliphatic heterocycles. The lowest BCUT2D eigenvalue weighted by molar-refractivity contribution is -0.123. The number of hydrogen-bond acceptors (Lipinski definition) is 2. The lowest BCUT2D eigenvalue weighted by Crippen LogP contribution is -2.50. The second-order valence-electron chi connectivity index (χ2n) is 5.34. The van der Waals surface area contributed by atoms with Crippen molar-refractivity contribution in [3.05, 3.63) is 29.3 Å².